The van der Waals surface area contributed by atoms with Crippen molar-refractivity contribution < 1.29 is 9.53 Å². The molecule has 0 aliphatic heterocycles. The van der Waals surface area contributed by atoms with Gasteiger partial charge in [-0.15, -0.1) is 6.58 Å². The van der Waals surface area contributed by atoms with E-state index in [1.807, 2.05) is 6.92 Å². The second-order valence-corrected chi connectivity index (χ2v) is 2.16. The van der Waals surface area contributed by atoms with Crippen molar-refractivity contribution in [2.45, 2.75) is 32.8 Å². The lowest BCUT2D eigenvalue weighted by Crippen LogP contribution is -2.13. The number of rotatable bonds is 4. The predicted octanol–water partition coefficient (Wildman–Crippen LogP) is 1.90. The van der Waals surface area contributed by atoms with Gasteiger partial charge >= 0.3 is 5.97 Å². The first-order valence-electron chi connectivity index (χ1n) is 3.48. The van der Waals surface area contributed by atoms with Gasteiger partial charge in [0.05, 0.1) is 0 Å². The van der Waals surface area contributed by atoms with E-state index in [0.717, 1.165) is 12.8 Å². The fourth-order valence-corrected chi connectivity index (χ4v) is 0.719. The van der Waals surface area contributed by atoms with Crippen LogP contribution >= 0.6 is 0 Å². The zero-order valence-corrected chi connectivity index (χ0v) is 6.59. The molecule has 2 heteroatoms. The van der Waals surface area contributed by atoms with Crippen molar-refractivity contribution in [3.05, 3.63) is 12.7 Å². The van der Waals surface area contributed by atoms with Crippen LogP contribution in [-0.2, 0) is 9.53 Å². The van der Waals surface area contributed by atoms with E-state index in [4.69, 9.17) is 4.74 Å². The summed E-state index contributed by atoms with van der Waals surface area (Å²) in [5.41, 5.74) is 0. The van der Waals surface area contributed by atoms with Gasteiger partial charge in [-0.1, -0.05) is 13.0 Å². The first-order valence-corrected chi connectivity index (χ1v) is 3.48. The Morgan fingerprint density at radius 3 is 2.70 bits per heavy atom. The molecule has 0 N–H and O–H groups in total. The standard InChI is InChI=1S/C8H14O2/c1-4-6-8(5-2)10-7(3)9/h4,8H,1,5-6H2,2-3H3. The van der Waals surface area contributed by atoms with E-state index in [9.17, 15) is 4.79 Å². The number of esters is 1. The van der Waals surface area contributed by atoms with Gasteiger partial charge in [0.25, 0.3) is 0 Å². The maximum atomic E-state index is 10.4. The molecule has 0 aromatic heterocycles. The molecular weight excluding hydrogens is 128 g/mol. The van der Waals surface area contributed by atoms with Gasteiger partial charge in [0.2, 0.25) is 0 Å². The van der Waals surface area contributed by atoms with Crippen molar-refractivity contribution >= 4 is 5.97 Å². The van der Waals surface area contributed by atoms with Crippen LogP contribution < -0.4 is 0 Å². The molecule has 2 nitrogen and oxygen atoms in total. The minimum atomic E-state index is -0.214. The topological polar surface area (TPSA) is 26.3 Å². The van der Waals surface area contributed by atoms with Crippen LogP contribution in [0.4, 0.5) is 0 Å². The summed E-state index contributed by atoms with van der Waals surface area (Å²) in [6.07, 6.45) is 3.38. The minimum absolute atomic E-state index is 0.0231. The quantitative estimate of drug-likeness (QED) is 0.442. The average Bonchev–Trinajstić information content (AvgIpc) is 1.86. The van der Waals surface area contributed by atoms with E-state index in [0.29, 0.717) is 0 Å². The van der Waals surface area contributed by atoms with Crippen LogP contribution in [0.15, 0.2) is 12.7 Å². The average molecular weight is 142 g/mol. The van der Waals surface area contributed by atoms with E-state index in [1.54, 1.807) is 6.08 Å². The first-order chi connectivity index (χ1) is 4.70. The SMILES string of the molecule is C=CCC(CC)OC(C)=O. The fraction of sp³-hybridized carbons (Fsp3) is 0.625. The second kappa shape index (κ2) is 5.03. The number of carbonyl (C=O) groups excluding carboxylic acids is 1. The molecule has 0 spiro atoms. The number of ether oxygens (including phenoxy) is 1. The molecule has 0 aromatic carbocycles. The summed E-state index contributed by atoms with van der Waals surface area (Å²) in [7, 11) is 0. The Morgan fingerprint density at radius 1 is 1.80 bits per heavy atom. The monoisotopic (exact) mass is 142 g/mol. The van der Waals surface area contributed by atoms with Gasteiger partial charge in [-0.2, -0.15) is 0 Å². The molecule has 10 heavy (non-hydrogen) atoms. The normalized spacial score (nSPS) is 12.2. The molecule has 0 heterocycles. The van der Waals surface area contributed by atoms with Gasteiger partial charge in [-0.25, -0.2) is 0 Å². The van der Waals surface area contributed by atoms with Crippen molar-refractivity contribution in [3.8, 4) is 0 Å². The molecule has 58 valence electrons. The highest BCUT2D eigenvalue weighted by Gasteiger charge is 2.05. The second-order valence-electron chi connectivity index (χ2n) is 2.16. The van der Waals surface area contributed by atoms with E-state index in [1.165, 1.54) is 6.92 Å². The third kappa shape index (κ3) is 4.13. The van der Waals surface area contributed by atoms with E-state index in [-0.39, 0.29) is 12.1 Å². The summed E-state index contributed by atoms with van der Waals surface area (Å²) in [5, 5.41) is 0. The maximum Gasteiger partial charge on any atom is 0.302 e. The number of hydrogen-bond acceptors (Lipinski definition) is 2. The van der Waals surface area contributed by atoms with Crippen LogP contribution in [-0.4, -0.2) is 12.1 Å². The summed E-state index contributed by atoms with van der Waals surface area (Å²) in [6, 6.07) is 0. The molecule has 0 saturated heterocycles. The van der Waals surface area contributed by atoms with Crippen molar-refractivity contribution in [2.24, 2.45) is 0 Å². The molecule has 0 aliphatic rings. The Balaban J connectivity index is 3.59. The summed E-state index contributed by atoms with van der Waals surface area (Å²) < 4.78 is 4.93. The smallest absolute Gasteiger partial charge is 0.302 e. The summed E-state index contributed by atoms with van der Waals surface area (Å²) in [4.78, 5) is 10.4. The lowest BCUT2D eigenvalue weighted by atomic mass is 10.2. The predicted molar refractivity (Wildman–Crippen MR) is 40.7 cm³/mol. The molecular formula is C8H14O2. The molecule has 1 atom stereocenters. The molecule has 0 saturated carbocycles. The molecule has 0 aromatic rings. The van der Waals surface area contributed by atoms with Crippen LogP contribution in [0.5, 0.6) is 0 Å². The third-order valence-electron chi connectivity index (χ3n) is 1.22. The summed E-state index contributed by atoms with van der Waals surface area (Å²) in [6.45, 7) is 6.97. The Bertz CT molecular complexity index is 118. The van der Waals surface area contributed by atoms with Gasteiger partial charge in [0.1, 0.15) is 6.10 Å². The maximum absolute atomic E-state index is 10.4. The third-order valence-corrected chi connectivity index (χ3v) is 1.22. The molecule has 0 aliphatic carbocycles. The highest BCUT2D eigenvalue weighted by Crippen LogP contribution is 2.03. The van der Waals surface area contributed by atoms with Crippen molar-refractivity contribution in [3.63, 3.8) is 0 Å². The van der Waals surface area contributed by atoms with Crippen LogP contribution in [0.1, 0.15) is 26.7 Å². The van der Waals surface area contributed by atoms with Gasteiger partial charge in [-0.3, -0.25) is 4.79 Å². The van der Waals surface area contributed by atoms with Crippen molar-refractivity contribution in [1.82, 2.24) is 0 Å². The number of carbonyl (C=O) groups is 1. The Kier molecular flexibility index (Phi) is 4.63. The Labute approximate surface area is 61.9 Å². The zero-order valence-electron chi connectivity index (χ0n) is 6.59. The number of hydrogen-bond donors (Lipinski definition) is 0. The van der Waals surface area contributed by atoms with Crippen LogP contribution in [0, 0.1) is 0 Å². The van der Waals surface area contributed by atoms with E-state index >= 15 is 0 Å². The van der Waals surface area contributed by atoms with Gasteiger partial charge in [0.15, 0.2) is 0 Å². The lowest BCUT2D eigenvalue weighted by molar-refractivity contribution is -0.146. The fourth-order valence-electron chi connectivity index (χ4n) is 0.719. The Morgan fingerprint density at radius 2 is 2.40 bits per heavy atom. The van der Waals surface area contributed by atoms with E-state index in [2.05, 4.69) is 6.58 Å². The van der Waals surface area contributed by atoms with Crippen LogP contribution in [0.2, 0.25) is 0 Å². The molecule has 0 bridgehead atoms. The minimum Gasteiger partial charge on any atom is -0.462 e. The van der Waals surface area contributed by atoms with Crippen LogP contribution in [0.25, 0.3) is 0 Å². The molecule has 1 unspecified atom stereocenters. The van der Waals surface area contributed by atoms with Gasteiger partial charge in [-0.05, 0) is 6.42 Å². The molecule has 0 radical (unpaired) electrons. The highest BCUT2D eigenvalue weighted by atomic mass is 16.5. The summed E-state index contributed by atoms with van der Waals surface area (Å²) >= 11 is 0. The van der Waals surface area contributed by atoms with Crippen molar-refractivity contribution in [2.75, 3.05) is 0 Å². The van der Waals surface area contributed by atoms with E-state index < -0.39 is 0 Å². The zero-order chi connectivity index (χ0) is 7.98. The molecule has 0 fully saturated rings. The van der Waals surface area contributed by atoms with Gasteiger partial charge < -0.3 is 4.74 Å². The molecule has 0 rings (SSSR count). The lowest BCUT2D eigenvalue weighted by Gasteiger charge is -2.11. The van der Waals surface area contributed by atoms with Crippen molar-refractivity contribution in [1.29, 1.82) is 0 Å². The molecule has 0 amide bonds. The van der Waals surface area contributed by atoms with Crippen LogP contribution in [0.3, 0.4) is 0 Å². The highest BCUT2D eigenvalue weighted by molar-refractivity contribution is 5.66. The largest absolute Gasteiger partial charge is 0.462 e. The van der Waals surface area contributed by atoms with Gasteiger partial charge in [0, 0.05) is 13.3 Å². The summed E-state index contributed by atoms with van der Waals surface area (Å²) in [5.74, 6) is -0.214. The first kappa shape index (κ1) is 9.21. The Hall–Kier alpha value is -0.790.